The van der Waals surface area contributed by atoms with Crippen molar-refractivity contribution in [2.24, 2.45) is 0 Å². The van der Waals surface area contributed by atoms with Gasteiger partial charge in [-0.25, -0.2) is 26.9 Å². The summed E-state index contributed by atoms with van der Waals surface area (Å²) in [7, 11) is -3.93. The zero-order valence-electron chi connectivity index (χ0n) is 20.7. The van der Waals surface area contributed by atoms with Crippen molar-refractivity contribution in [3.05, 3.63) is 23.0 Å². The number of nitrogens with one attached hydrogen (secondary N) is 2. The van der Waals surface area contributed by atoms with Crippen LogP contribution in [-0.4, -0.2) is 71.9 Å². The molecule has 0 bridgehead atoms. The third-order valence-electron chi connectivity index (χ3n) is 6.93. The average Bonchev–Trinajstić information content (AvgIpc) is 3.39. The molecular weight excluding hydrogens is 524 g/mol. The lowest BCUT2D eigenvalue weighted by atomic mass is 10.0. The van der Waals surface area contributed by atoms with Gasteiger partial charge in [0, 0.05) is 37.3 Å². The van der Waals surface area contributed by atoms with Crippen LogP contribution in [-0.2, 0) is 14.8 Å². The summed E-state index contributed by atoms with van der Waals surface area (Å²) in [6.07, 6.45) is 0.648. The lowest BCUT2D eigenvalue weighted by Gasteiger charge is -2.39. The maximum Gasteiger partial charge on any atom is 0.291 e. The van der Waals surface area contributed by atoms with E-state index in [9.17, 15) is 17.2 Å². The minimum Gasteiger partial charge on any atom is -0.377 e. The quantitative estimate of drug-likeness (QED) is 0.459. The molecule has 3 aromatic rings. The second-order valence-electron chi connectivity index (χ2n) is 10.7. The standard InChI is InChI=1S/C23H29F2N7O3S2/c1-12-7-31(8-13(2)26-12)16-6-15(37(33,34)30-23(3)10-35-11-23)9-32-18(17(14-4-5-14)27-20(16)32)21-28-29-22(36-21)19(24)25/h6,9,12-14,19,26,30H,4-5,7-8,10-11H2,1-3H3/t12-,13-/m0/s1. The molecule has 0 spiro atoms. The number of piperazine rings is 1. The van der Waals surface area contributed by atoms with Gasteiger partial charge >= 0.3 is 0 Å². The van der Waals surface area contributed by atoms with Crippen LogP contribution in [0.5, 0.6) is 0 Å². The van der Waals surface area contributed by atoms with Crippen LogP contribution in [0.1, 0.15) is 56.7 Å². The Hall–Kier alpha value is -2.26. The van der Waals surface area contributed by atoms with Crippen molar-refractivity contribution in [1.82, 2.24) is 29.6 Å². The summed E-state index contributed by atoms with van der Waals surface area (Å²) >= 11 is 0.813. The molecule has 0 aromatic carbocycles. The number of pyridine rings is 1. The highest BCUT2D eigenvalue weighted by Gasteiger charge is 2.39. The fourth-order valence-electron chi connectivity index (χ4n) is 5.15. The second-order valence-corrected chi connectivity index (χ2v) is 13.3. The molecule has 3 aromatic heterocycles. The Morgan fingerprint density at radius 3 is 2.49 bits per heavy atom. The van der Waals surface area contributed by atoms with Crippen LogP contribution in [0.4, 0.5) is 14.5 Å². The maximum atomic E-state index is 13.6. The third-order valence-corrected chi connectivity index (χ3v) is 9.47. The van der Waals surface area contributed by atoms with E-state index in [-0.39, 0.29) is 41.1 Å². The first kappa shape index (κ1) is 25.0. The van der Waals surface area contributed by atoms with Crippen LogP contribution >= 0.6 is 11.3 Å². The molecule has 14 heteroatoms. The Morgan fingerprint density at radius 1 is 1.22 bits per heavy atom. The van der Waals surface area contributed by atoms with E-state index < -0.39 is 22.0 Å². The van der Waals surface area contributed by atoms with E-state index in [1.54, 1.807) is 17.4 Å². The summed E-state index contributed by atoms with van der Waals surface area (Å²) in [5.74, 6) is 0.173. The van der Waals surface area contributed by atoms with Crippen molar-refractivity contribution in [2.75, 3.05) is 31.2 Å². The van der Waals surface area contributed by atoms with Gasteiger partial charge in [-0.05, 0) is 39.7 Å². The predicted octanol–water partition coefficient (Wildman–Crippen LogP) is 2.92. The Kier molecular flexibility index (Phi) is 6.02. The number of sulfonamides is 1. The predicted molar refractivity (Wildman–Crippen MR) is 135 cm³/mol. The third kappa shape index (κ3) is 4.62. The largest absolute Gasteiger partial charge is 0.377 e. The van der Waals surface area contributed by atoms with Crippen molar-refractivity contribution >= 4 is 32.7 Å². The fourth-order valence-corrected chi connectivity index (χ4v) is 7.29. The first-order valence-electron chi connectivity index (χ1n) is 12.3. The summed E-state index contributed by atoms with van der Waals surface area (Å²) in [5, 5.41) is 11.2. The molecule has 1 aliphatic carbocycles. The van der Waals surface area contributed by atoms with E-state index >= 15 is 0 Å². The first-order valence-corrected chi connectivity index (χ1v) is 14.6. The van der Waals surface area contributed by atoms with Gasteiger partial charge in [-0.3, -0.25) is 4.40 Å². The molecule has 1 saturated carbocycles. The van der Waals surface area contributed by atoms with Crippen molar-refractivity contribution in [2.45, 2.75) is 68.5 Å². The van der Waals surface area contributed by atoms with Crippen molar-refractivity contribution in [1.29, 1.82) is 0 Å². The van der Waals surface area contributed by atoms with E-state index in [1.165, 1.54) is 6.20 Å². The molecule has 0 amide bonds. The summed E-state index contributed by atoms with van der Waals surface area (Å²) in [6.45, 7) is 7.87. The fraction of sp³-hybridized carbons (Fsp3) is 0.609. The lowest BCUT2D eigenvalue weighted by Crippen LogP contribution is -2.59. The molecule has 2 saturated heterocycles. The van der Waals surface area contributed by atoms with E-state index in [2.05, 4.69) is 39.0 Å². The van der Waals surface area contributed by atoms with Crippen LogP contribution in [0.15, 0.2) is 17.2 Å². The smallest absolute Gasteiger partial charge is 0.291 e. The topological polar surface area (TPSA) is 114 Å². The van der Waals surface area contributed by atoms with Gasteiger partial charge in [-0.15, -0.1) is 10.2 Å². The molecule has 10 nitrogen and oxygen atoms in total. The summed E-state index contributed by atoms with van der Waals surface area (Å²) in [6, 6.07) is 2.04. The zero-order valence-corrected chi connectivity index (χ0v) is 22.4. The zero-order chi connectivity index (χ0) is 26.1. The Balaban J connectivity index is 1.56. The van der Waals surface area contributed by atoms with Crippen LogP contribution in [0.2, 0.25) is 0 Å². The van der Waals surface area contributed by atoms with Crippen molar-refractivity contribution in [3.8, 4) is 10.7 Å². The molecular formula is C23H29F2N7O3S2. The van der Waals surface area contributed by atoms with Gasteiger partial charge in [-0.2, -0.15) is 0 Å². The maximum absolute atomic E-state index is 13.6. The van der Waals surface area contributed by atoms with Gasteiger partial charge in [0.05, 0.1) is 30.1 Å². The number of fused-ring (bicyclic) bond motifs is 1. The molecule has 37 heavy (non-hydrogen) atoms. The molecule has 0 radical (unpaired) electrons. The van der Waals surface area contributed by atoms with E-state index in [1.807, 2.05) is 0 Å². The highest BCUT2D eigenvalue weighted by Crippen LogP contribution is 2.46. The van der Waals surface area contributed by atoms with Gasteiger partial charge in [-0.1, -0.05) is 11.3 Å². The van der Waals surface area contributed by atoms with Crippen molar-refractivity contribution < 1.29 is 21.9 Å². The summed E-state index contributed by atoms with van der Waals surface area (Å²) < 4.78 is 63.7. The lowest BCUT2D eigenvalue weighted by molar-refractivity contribution is -0.0523. The number of hydrogen-bond acceptors (Lipinski definition) is 9. The number of rotatable bonds is 7. The van der Waals surface area contributed by atoms with Gasteiger partial charge in [0.2, 0.25) is 10.0 Å². The normalized spacial score (nSPS) is 24.1. The monoisotopic (exact) mass is 553 g/mol. The number of imidazole rings is 1. The SMILES string of the molecule is C[C@H]1CN(c2cc(S(=O)(=O)NC3(C)COC3)cn3c(-c4nnc(C(F)F)s4)c(C4CC4)nc23)C[C@H](C)N1. The number of anilines is 1. The molecule has 5 heterocycles. The molecule has 3 aliphatic rings. The summed E-state index contributed by atoms with van der Waals surface area (Å²) in [5.41, 5.74) is 1.87. The molecule has 3 fully saturated rings. The van der Waals surface area contributed by atoms with Gasteiger partial charge in [0.1, 0.15) is 10.6 Å². The number of ether oxygens (including phenoxy) is 1. The highest BCUT2D eigenvalue weighted by molar-refractivity contribution is 7.89. The van der Waals surface area contributed by atoms with Crippen LogP contribution in [0, 0.1) is 0 Å². The van der Waals surface area contributed by atoms with Crippen molar-refractivity contribution in [3.63, 3.8) is 0 Å². The molecule has 6 rings (SSSR count). The molecule has 2 N–H and O–H groups in total. The minimum absolute atomic E-state index is 0.0709. The van der Waals surface area contributed by atoms with Crippen LogP contribution in [0.3, 0.4) is 0 Å². The minimum atomic E-state index is -3.93. The second kappa shape index (κ2) is 8.90. The van der Waals surface area contributed by atoms with Gasteiger partial charge in [0.25, 0.3) is 6.43 Å². The molecule has 2 atom stereocenters. The Labute approximate surface area is 217 Å². The average molecular weight is 554 g/mol. The van der Waals surface area contributed by atoms with Gasteiger partial charge < -0.3 is 15.0 Å². The number of alkyl halides is 2. The number of halogens is 2. The Bertz CT molecular complexity index is 1440. The molecule has 2 aliphatic heterocycles. The highest BCUT2D eigenvalue weighted by atomic mass is 32.2. The Morgan fingerprint density at radius 2 is 1.92 bits per heavy atom. The number of hydrogen-bond donors (Lipinski definition) is 2. The van der Waals surface area contributed by atoms with Crippen LogP contribution in [0.25, 0.3) is 16.3 Å². The van der Waals surface area contributed by atoms with E-state index in [0.717, 1.165) is 29.9 Å². The first-order chi connectivity index (χ1) is 17.5. The molecule has 200 valence electrons. The van der Waals surface area contributed by atoms with E-state index in [4.69, 9.17) is 9.72 Å². The molecule has 0 unspecified atom stereocenters. The van der Waals surface area contributed by atoms with Gasteiger partial charge in [0.15, 0.2) is 15.7 Å². The summed E-state index contributed by atoms with van der Waals surface area (Å²) in [4.78, 5) is 7.19. The number of nitrogens with zero attached hydrogens (tertiary/aromatic N) is 5. The van der Waals surface area contributed by atoms with Crippen LogP contribution < -0.4 is 14.9 Å². The number of aromatic nitrogens is 4. The van der Waals surface area contributed by atoms with E-state index in [0.29, 0.717) is 35.1 Å².